The van der Waals surface area contributed by atoms with E-state index in [0.717, 1.165) is 49.0 Å². The van der Waals surface area contributed by atoms with Gasteiger partial charge in [0.05, 0.1) is 30.2 Å². The highest BCUT2D eigenvalue weighted by atomic mass is 16.5. The van der Waals surface area contributed by atoms with E-state index in [2.05, 4.69) is 47.6 Å². The molecule has 0 spiro atoms. The number of fused-ring (bicyclic) bond motifs is 3. The molecule has 0 bridgehead atoms. The van der Waals surface area contributed by atoms with Crippen LogP contribution in [0.2, 0.25) is 0 Å². The summed E-state index contributed by atoms with van der Waals surface area (Å²) >= 11 is 0. The molecule has 0 radical (unpaired) electrons. The number of carbonyl (C=O) groups excluding carboxylic acids is 1. The molecule has 1 fully saturated rings. The molecule has 1 aromatic heterocycles. The Labute approximate surface area is 207 Å². The van der Waals surface area contributed by atoms with Crippen LogP contribution < -0.4 is 5.32 Å². The topological polar surface area (TPSA) is 71.5 Å². The molecule has 1 saturated carbocycles. The maximum absolute atomic E-state index is 13.1. The van der Waals surface area contributed by atoms with Crippen molar-refractivity contribution in [3.05, 3.63) is 94.8 Å². The third-order valence-corrected chi connectivity index (χ3v) is 8.20. The van der Waals surface area contributed by atoms with Crippen LogP contribution >= 0.6 is 0 Å². The van der Waals surface area contributed by atoms with Gasteiger partial charge < -0.3 is 15.2 Å². The van der Waals surface area contributed by atoms with Crippen molar-refractivity contribution in [2.45, 2.75) is 63.6 Å². The van der Waals surface area contributed by atoms with Gasteiger partial charge in [0.25, 0.3) is 5.91 Å². The van der Waals surface area contributed by atoms with Gasteiger partial charge in [-0.25, -0.2) is 0 Å². The summed E-state index contributed by atoms with van der Waals surface area (Å²) in [6.07, 6.45) is 5.78. The highest BCUT2D eigenvalue weighted by molar-refractivity contribution is 6.04. The van der Waals surface area contributed by atoms with E-state index < -0.39 is 5.60 Å². The Morgan fingerprint density at radius 2 is 1.97 bits per heavy atom. The number of rotatable bonds is 5. The number of anilines is 1. The molecule has 3 atom stereocenters. The SMILES string of the molecule is CC[C@@]1(O)CC[C@@]2(Cc3ccccc3)c3ccc(C(=O)Nc4cccnc4C)cc3COC[C@H]2C1. The zero-order valence-corrected chi connectivity index (χ0v) is 20.6. The predicted molar refractivity (Wildman–Crippen MR) is 137 cm³/mol. The van der Waals surface area contributed by atoms with Crippen LogP contribution in [0.5, 0.6) is 0 Å². The molecule has 3 aromatic rings. The van der Waals surface area contributed by atoms with E-state index in [-0.39, 0.29) is 17.2 Å². The summed E-state index contributed by atoms with van der Waals surface area (Å²) in [7, 11) is 0. The molecule has 1 amide bonds. The van der Waals surface area contributed by atoms with Crippen molar-refractivity contribution in [3.63, 3.8) is 0 Å². The van der Waals surface area contributed by atoms with Crippen LogP contribution in [0.1, 0.15) is 65.3 Å². The minimum absolute atomic E-state index is 0.135. The van der Waals surface area contributed by atoms with Gasteiger partial charge in [-0.05, 0) is 85.9 Å². The average Bonchev–Trinajstić information content (AvgIpc) is 3.02. The lowest BCUT2D eigenvalue weighted by Crippen LogP contribution is -2.50. The number of nitrogens with zero attached hydrogens (tertiary/aromatic N) is 1. The van der Waals surface area contributed by atoms with E-state index >= 15 is 0 Å². The van der Waals surface area contributed by atoms with Crippen molar-refractivity contribution in [2.75, 3.05) is 11.9 Å². The van der Waals surface area contributed by atoms with Gasteiger partial charge in [-0.3, -0.25) is 9.78 Å². The molecule has 5 nitrogen and oxygen atoms in total. The molecule has 35 heavy (non-hydrogen) atoms. The molecule has 2 N–H and O–H groups in total. The van der Waals surface area contributed by atoms with Crippen molar-refractivity contribution in [2.24, 2.45) is 5.92 Å². The Morgan fingerprint density at radius 3 is 2.74 bits per heavy atom. The van der Waals surface area contributed by atoms with Crippen LogP contribution in [0.25, 0.3) is 0 Å². The van der Waals surface area contributed by atoms with Gasteiger partial charge in [-0.1, -0.05) is 43.3 Å². The summed E-state index contributed by atoms with van der Waals surface area (Å²) in [5, 5.41) is 14.2. The first kappa shape index (κ1) is 23.7. The van der Waals surface area contributed by atoms with Crippen molar-refractivity contribution < 1.29 is 14.6 Å². The van der Waals surface area contributed by atoms with E-state index in [9.17, 15) is 9.90 Å². The summed E-state index contributed by atoms with van der Waals surface area (Å²) in [6.45, 7) is 5.04. The minimum Gasteiger partial charge on any atom is -0.390 e. The largest absolute Gasteiger partial charge is 0.390 e. The number of aryl methyl sites for hydroxylation is 1. The maximum atomic E-state index is 13.1. The summed E-state index contributed by atoms with van der Waals surface area (Å²) in [5.41, 5.74) is 4.97. The second-order valence-electron chi connectivity index (χ2n) is 10.3. The Morgan fingerprint density at radius 1 is 1.14 bits per heavy atom. The molecular weight excluding hydrogens is 436 g/mol. The molecule has 5 rings (SSSR count). The first-order chi connectivity index (χ1) is 16.9. The van der Waals surface area contributed by atoms with E-state index in [0.29, 0.717) is 18.8 Å². The lowest BCUT2D eigenvalue weighted by molar-refractivity contribution is -0.0669. The van der Waals surface area contributed by atoms with Gasteiger partial charge in [0, 0.05) is 17.2 Å². The number of nitrogens with one attached hydrogen (secondary N) is 1. The molecule has 1 aliphatic carbocycles. The summed E-state index contributed by atoms with van der Waals surface area (Å²) in [6, 6.07) is 20.4. The summed E-state index contributed by atoms with van der Waals surface area (Å²) in [5.74, 6) is 0.0613. The first-order valence-corrected chi connectivity index (χ1v) is 12.6. The van der Waals surface area contributed by atoms with Gasteiger partial charge in [-0.15, -0.1) is 0 Å². The number of hydrogen-bond donors (Lipinski definition) is 2. The van der Waals surface area contributed by atoms with E-state index in [1.54, 1.807) is 6.20 Å². The maximum Gasteiger partial charge on any atom is 0.255 e. The Balaban J connectivity index is 1.52. The Bertz CT molecular complexity index is 1210. The third kappa shape index (κ3) is 4.63. The predicted octanol–water partition coefficient (Wildman–Crippen LogP) is 5.59. The quantitative estimate of drug-likeness (QED) is 0.510. The van der Waals surface area contributed by atoms with Crippen LogP contribution in [-0.4, -0.2) is 28.2 Å². The van der Waals surface area contributed by atoms with Crippen LogP contribution in [-0.2, 0) is 23.2 Å². The molecule has 1 aliphatic heterocycles. The fraction of sp³-hybridized carbons (Fsp3) is 0.400. The fourth-order valence-electron chi connectivity index (χ4n) is 6.06. The van der Waals surface area contributed by atoms with Crippen molar-refractivity contribution in [3.8, 4) is 0 Å². The molecule has 2 aromatic carbocycles. The van der Waals surface area contributed by atoms with Gasteiger partial charge in [0.1, 0.15) is 0 Å². The van der Waals surface area contributed by atoms with Crippen LogP contribution in [0.3, 0.4) is 0 Å². The van der Waals surface area contributed by atoms with E-state index in [1.165, 1.54) is 11.1 Å². The Kier molecular flexibility index (Phi) is 6.47. The highest BCUT2D eigenvalue weighted by Crippen LogP contribution is 2.52. The lowest BCUT2D eigenvalue weighted by atomic mass is 9.56. The zero-order valence-electron chi connectivity index (χ0n) is 20.6. The number of pyridine rings is 1. The number of ether oxygens (including phenoxy) is 1. The standard InChI is InChI=1S/C30H34N2O3/c1-3-29(34)13-14-30(17-22-8-5-4-6-9-22)25(18-29)20-35-19-24-16-23(11-12-26(24)30)28(33)32-27-10-7-15-31-21(27)2/h4-12,15-16,25,34H,3,13-14,17-20H2,1-2H3,(H,32,33)/t25-,29-,30+/m1/s1. The van der Waals surface area contributed by atoms with Gasteiger partial charge in [0.15, 0.2) is 0 Å². The number of hydrogen-bond acceptors (Lipinski definition) is 4. The highest BCUT2D eigenvalue weighted by Gasteiger charge is 2.50. The second kappa shape index (κ2) is 9.56. The summed E-state index contributed by atoms with van der Waals surface area (Å²) < 4.78 is 6.21. The van der Waals surface area contributed by atoms with Gasteiger partial charge in [-0.2, -0.15) is 0 Å². The third-order valence-electron chi connectivity index (χ3n) is 8.20. The number of benzene rings is 2. The second-order valence-corrected chi connectivity index (χ2v) is 10.3. The number of aliphatic hydroxyl groups is 1. The van der Waals surface area contributed by atoms with Crippen molar-refractivity contribution in [1.29, 1.82) is 0 Å². The van der Waals surface area contributed by atoms with Crippen LogP contribution in [0.15, 0.2) is 66.9 Å². The van der Waals surface area contributed by atoms with Crippen molar-refractivity contribution >= 4 is 11.6 Å². The monoisotopic (exact) mass is 470 g/mol. The van der Waals surface area contributed by atoms with Crippen LogP contribution in [0.4, 0.5) is 5.69 Å². The molecule has 2 aliphatic rings. The number of carbonyl (C=O) groups is 1. The fourth-order valence-corrected chi connectivity index (χ4v) is 6.06. The van der Waals surface area contributed by atoms with E-state index in [1.807, 2.05) is 37.3 Å². The molecule has 0 unspecified atom stereocenters. The summed E-state index contributed by atoms with van der Waals surface area (Å²) in [4.78, 5) is 17.4. The molecular formula is C30H34N2O3. The number of aromatic nitrogens is 1. The normalized spacial score (nSPS) is 25.7. The van der Waals surface area contributed by atoms with Gasteiger partial charge >= 0.3 is 0 Å². The van der Waals surface area contributed by atoms with Gasteiger partial charge in [0.2, 0.25) is 0 Å². The zero-order chi connectivity index (χ0) is 24.5. The first-order valence-electron chi connectivity index (χ1n) is 12.6. The van der Waals surface area contributed by atoms with Crippen LogP contribution in [0, 0.1) is 12.8 Å². The lowest BCUT2D eigenvalue weighted by Gasteiger charge is -2.50. The number of amides is 1. The molecule has 182 valence electrons. The molecule has 5 heteroatoms. The van der Waals surface area contributed by atoms with E-state index in [4.69, 9.17) is 4.74 Å². The smallest absolute Gasteiger partial charge is 0.255 e. The Hall–Kier alpha value is -3.02. The molecule has 0 saturated heterocycles. The minimum atomic E-state index is -0.639. The van der Waals surface area contributed by atoms with Crippen molar-refractivity contribution in [1.82, 2.24) is 4.98 Å². The average molecular weight is 471 g/mol. The molecule has 2 heterocycles.